The molecule has 7 nitrogen and oxygen atoms in total. The summed E-state index contributed by atoms with van der Waals surface area (Å²) in [6, 6.07) is 5.63. The summed E-state index contributed by atoms with van der Waals surface area (Å²) in [5.74, 6) is 0. The maximum Gasteiger partial charge on any atom is 0.410 e. The zero-order valence-electron chi connectivity index (χ0n) is 15.0. The van der Waals surface area contributed by atoms with E-state index in [0.29, 0.717) is 39.4 Å². The Morgan fingerprint density at radius 1 is 1.08 bits per heavy atom. The Bertz CT molecular complexity index is 663. The number of morpholine rings is 1. The molecule has 1 fully saturated rings. The van der Waals surface area contributed by atoms with Gasteiger partial charge >= 0.3 is 12.1 Å². The third-order valence-electron chi connectivity index (χ3n) is 4.13. The second-order valence-corrected chi connectivity index (χ2v) is 7.35. The van der Waals surface area contributed by atoms with Crippen LogP contribution in [0.3, 0.4) is 0 Å². The number of amides is 3. The minimum absolute atomic E-state index is 0.120. The lowest BCUT2D eigenvalue weighted by atomic mass is 10.1. The molecule has 1 N–H and O–H groups in total. The summed E-state index contributed by atoms with van der Waals surface area (Å²) in [6.07, 6.45) is -0.317. The van der Waals surface area contributed by atoms with Crippen LogP contribution in [0, 0.1) is 0 Å². The van der Waals surface area contributed by atoms with Crippen molar-refractivity contribution in [3.8, 4) is 0 Å². The molecule has 2 aliphatic heterocycles. The summed E-state index contributed by atoms with van der Waals surface area (Å²) in [5, 5.41) is 2.92. The standard InChI is InChI=1S/C18H25N3O4/c1-18(2,3)25-17(23)21-11-13-4-5-15(10-14(13)12-21)19-16(22)20-6-8-24-9-7-20/h4-5,10H,6-9,11-12H2,1-3H3,(H,19,22). The smallest absolute Gasteiger partial charge is 0.410 e. The number of hydrogen-bond acceptors (Lipinski definition) is 4. The molecule has 3 rings (SSSR count). The number of benzene rings is 1. The van der Waals surface area contributed by atoms with Crippen LogP contribution in [0.2, 0.25) is 0 Å². The van der Waals surface area contributed by atoms with E-state index in [1.807, 2.05) is 39.0 Å². The summed E-state index contributed by atoms with van der Waals surface area (Å²) >= 11 is 0. The van der Waals surface area contributed by atoms with Gasteiger partial charge in [0.25, 0.3) is 0 Å². The maximum atomic E-state index is 12.3. The molecule has 0 spiro atoms. The predicted octanol–water partition coefficient (Wildman–Crippen LogP) is 2.80. The molecule has 136 valence electrons. The van der Waals surface area contributed by atoms with Crippen LogP contribution < -0.4 is 5.32 Å². The van der Waals surface area contributed by atoms with Gasteiger partial charge < -0.3 is 19.7 Å². The molecular weight excluding hydrogens is 322 g/mol. The van der Waals surface area contributed by atoms with Crippen LogP contribution in [0.15, 0.2) is 18.2 Å². The molecule has 1 aromatic carbocycles. The molecule has 3 amide bonds. The van der Waals surface area contributed by atoms with Gasteiger partial charge in [-0.3, -0.25) is 4.90 Å². The van der Waals surface area contributed by atoms with E-state index in [1.165, 1.54) is 0 Å². The van der Waals surface area contributed by atoms with Gasteiger partial charge in [-0.15, -0.1) is 0 Å². The Kier molecular flexibility index (Phi) is 4.85. The molecule has 0 atom stereocenters. The van der Waals surface area contributed by atoms with Crippen molar-refractivity contribution < 1.29 is 19.1 Å². The normalized spacial score (nSPS) is 17.2. The first-order chi connectivity index (χ1) is 11.8. The third-order valence-corrected chi connectivity index (χ3v) is 4.13. The average molecular weight is 347 g/mol. The fourth-order valence-corrected chi connectivity index (χ4v) is 2.90. The summed E-state index contributed by atoms with van der Waals surface area (Å²) in [7, 11) is 0. The topological polar surface area (TPSA) is 71.1 Å². The molecule has 2 aliphatic rings. The van der Waals surface area contributed by atoms with Gasteiger partial charge in [0.05, 0.1) is 13.2 Å². The van der Waals surface area contributed by atoms with Gasteiger partial charge in [-0.1, -0.05) is 6.07 Å². The largest absolute Gasteiger partial charge is 0.444 e. The Hall–Kier alpha value is -2.28. The van der Waals surface area contributed by atoms with Crippen molar-refractivity contribution in [2.45, 2.75) is 39.5 Å². The number of fused-ring (bicyclic) bond motifs is 1. The van der Waals surface area contributed by atoms with Crippen molar-refractivity contribution in [1.82, 2.24) is 9.80 Å². The van der Waals surface area contributed by atoms with E-state index in [2.05, 4.69) is 5.32 Å². The van der Waals surface area contributed by atoms with E-state index in [9.17, 15) is 9.59 Å². The zero-order chi connectivity index (χ0) is 18.0. The fraction of sp³-hybridized carbons (Fsp3) is 0.556. The van der Waals surface area contributed by atoms with E-state index < -0.39 is 5.60 Å². The molecule has 7 heteroatoms. The first-order valence-corrected chi connectivity index (χ1v) is 8.55. The van der Waals surface area contributed by atoms with E-state index in [4.69, 9.17) is 9.47 Å². The zero-order valence-corrected chi connectivity index (χ0v) is 15.0. The maximum absolute atomic E-state index is 12.3. The summed E-state index contributed by atoms with van der Waals surface area (Å²) in [6.45, 7) is 8.93. The van der Waals surface area contributed by atoms with Crippen LogP contribution in [0.4, 0.5) is 15.3 Å². The number of carbonyl (C=O) groups excluding carboxylic acids is 2. The fourth-order valence-electron chi connectivity index (χ4n) is 2.90. The van der Waals surface area contributed by atoms with E-state index in [-0.39, 0.29) is 12.1 Å². The number of rotatable bonds is 1. The summed E-state index contributed by atoms with van der Waals surface area (Å²) in [5.41, 5.74) is 2.34. The monoisotopic (exact) mass is 347 g/mol. The van der Waals surface area contributed by atoms with E-state index in [1.54, 1.807) is 9.80 Å². The number of nitrogens with one attached hydrogen (secondary N) is 1. The molecule has 0 aromatic heterocycles. The summed E-state index contributed by atoms with van der Waals surface area (Å²) in [4.78, 5) is 27.9. The number of carbonyl (C=O) groups is 2. The van der Waals surface area contributed by atoms with Crippen LogP contribution in [-0.4, -0.2) is 53.8 Å². The minimum Gasteiger partial charge on any atom is -0.444 e. The molecule has 0 saturated carbocycles. The lowest BCUT2D eigenvalue weighted by molar-refractivity contribution is 0.0242. The van der Waals surface area contributed by atoms with Crippen molar-refractivity contribution in [2.24, 2.45) is 0 Å². The Balaban J connectivity index is 1.62. The van der Waals surface area contributed by atoms with Crippen molar-refractivity contribution in [2.75, 3.05) is 31.6 Å². The predicted molar refractivity (Wildman–Crippen MR) is 93.3 cm³/mol. The molecule has 1 saturated heterocycles. The van der Waals surface area contributed by atoms with Crippen molar-refractivity contribution >= 4 is 17.8 Å². The Labute approximate surface area is 147 Å². The number of urea groups is 1. The van der Waals surface area contributed by atoms with E-state index >= 15 is 0 Å². The highest BCUT2D eigenvalue weighted by Gasteiger charge is 2.28. The number of nitrogens with zero attached hydrogens (tertiary/aromatic N) is 2. The molecular formula is C18H25N3O4. The van der Waals surface area contributed by atoms with Gasteiger partial charge in [0, 0.05) is 31.9 Å². The second-order valence-electron chi connectivity index (χ2n) is 7.35. The van der Waals surface area contributed by atoms with Crippen LogP contribution in [0.1, 0.15) is 31.9 Å². The lowest BCUT2D eigenvalue weighted by Gasteiger charge is -2.27. The van der Waals surface area contributed by atoms with E-state index in [0.717, 1.165) is 16.8 Å². The van der Waals surface area contributed by atoms with Crippen molar-refractivity contribution in [3.05, 3.63) is 29.3 Å². The Morgan fingerprint density at radius 3 is 2.44 bits per heavy atom. The minimum atomic E-state index is -0.511. The molecule has 1 aromatic rings. The SMILES string of the molecule is CC(C)(C)OC(=O)N1Cc2ccc(NC(=O)N3CCOCC3)cc2C1. The quantitative estimate of drug-likeness (QED) is 0.848. The first kappa shape index (κ1) is 17.5. The lowest BCUT2D eigenvalue weighted by Crippen LogP contribution is -2.43. The number of anilines is 1. The highest BCUT2D eigenvalue weighted by molar-refractivity contribution is 5.89. The second kappa shape index (κ2) is 6.92. The van der Waals surface area contributed by atoms with Crippen LogP contribution in [-0.2, 0) is 22.6 Å². The number of hydrogen-bond donors (Lipinski definition) is 1. The molecule has 0 radical (unpaired) electrons. The Morgan fingerprint density at radius 2 is 1.76 bits per heavy atom. The van der Waals surface area contributed by atoms with Gasteiger partial charge in [-0.2, -0.15) is 0 Å². The molecule has 0 aliphatic carbocycles. The first-order valence-electron chi connectivity index (χ1n) is 8.55. The van der Waals surface area contributed by atoms with Crippen LogP contribution >= 0.6 is 0 Å². The number of ether oxygens (including phenoxy) is 2. The van der Waals surface area contributed by atoms with Crippen LogP contribution in [0.25, 0.3) is 0 Å². The van der Waals surface area contributed by atoms with Crippen molar-refractivity contribution in [3.63, 3.8) is 0 Å². The third kappa shape index (κ3) is 4.42. The molecule has 0 bridgehead atoms. The average Bonchev–Trinajstić information content (AvgIpc) is 2.97. The van der Waals surface area contributed by atoms with Crippen LogP contribution in [0.5, 0.6) is 0 Å². The molecule has 2 heterocycles. The van der Waals surface area contributed by atoms with Gasteiger partial charge in [0.1, 0.15) is 5.60 Å². The molecule has 25 heavy (non-hydrogen) atoms. The highest BCUT2D eigenvalue weighted by atomic mass is 16.6. The van der Waals surface area contributed by atoms with Gasteiger partial charge in [-0.05, 0) is 44.0 Å². The highest BCUT2D eigenvalue weighted by Crippen LogP contribution is 2.27. The van der Waals surface area contributed by atoms with Crippen molar-refractivity contribution in [1.29, 1.82) is 0 Å². The van der Waals surface area contributed by atoms with Gasteiger partial charge in [-0.25, -0.2) is 9.59 Å². The summed E-state index contributed by atoms with van der Waals surface area (Å²) < 4.78 is 10.7. The van der Waals surface area contributed by atoms with Gasteiger partial charge in [0.2, 0.25) is 0 Å². The van der Waals surface area contributed by atoms with Gasteiger partial charge in [0.15, 0.2) is 0 Å². The molecule has 0 unspecified atom stereocenters.